The molecule has 0 spiro atoms. The Labute approximate surface area is 141 Å². The van der Waals surface area contributed by atoms with Crippen molar-refractivity contribution >= 4 is 11.6 Å². The minimum Gasteiger partial charge on any atom is -0.367 e. The number of pyridine rings is 1. The molecule has 1 saturated heterocycles. The number of aryl methyl sites for hydroxylation is 2. The molecule has 24 heavy (non-hydrogen) atoms. The molecule has 1 aliphatic heterocycles. The molecule has 5 nitrogen and oxygen atoms in total. The van der Waals surface area contributed by atoms with Crippen molar-refractivity contribution in [2.75, 3.05) is 31.1 Å². The number of anilines is 1. The summed E-state index contributed by atoms with van der Waals surface area (Å²) in [5, 5.41) is 0. The molecule has 0 bridgehead atoms. The van der Waals surface area contributed by atoms with Crippen LogP contribution < -0.4 is 10.5 Å². The highest BCUT2D eigenvalue weighted by atomic mass is 16.2. The lowest BCUT2D eigenvalue weighted by Gasteiger charge is -2.36. The van der Waals surface area contributed by atoms with E-state index in [-0.39, 0.29) is 11.5 Å². The predicted molar refractivity (Wildman–Crippen MR) is 95.4 cm³/mol. The van der Waals surface area contributed by atoms with Gasteiger partial charge >= 0.3 is 0 Å². The van der Waals surface area contributed by atoms with E-state index in [1.807, 2.05) is 17.0 Å². The smallest absolute Gasteiger partial charge is 0.248 e. The summed E-state index contributed by atoms with van der Waals surface area (Å²) in [5.41, 5.74) is 3.36. The maximum atomic E-state index is 12.4. The Bertz CT molecular complexity index is 741. The van der Waals surface area contributed by atoms with E-state index in [1.54, 1.807) is 6.20 Å². The molecule has 2 aromatic rings. The molecular formula is C19H23N3O2. The van der Waals surface area contributed by atoms with Crippen LogP contribution in [0.3, 0.4) is 0 Å². The van der Waals surface area contributed by atoms with Crippen molar-refractivity contribution in [3.63, 3.8) is 0 Å². The van der Waals surface area contributed by atoms with Gasteiger partial charge in [-0.05, 0) is 25.0 Å². The maximum absolute atomic E-state index is 12.4. The van der Waals surface area contributed by atoms with Gasteiger partial charge in [-0.15, -0.1) is 0 Å². The minimum atomic E-state index is -0.0938. The number of aromatic amines is 1. The largest absolute Gasteiger partial charge is 0.367 e. The van der Waals surface area contributed by atoms with Gasteiger partial charge in [-0.3, -0.25) is 9.59 Å². The van der Waals surface area contributed by atoms with E-state index in [1.165, 1.54) is 17.2 Å². The zero-order chi connectivity index (χ0) is 16.9. The fourth-order valence-corrected chi connectivity index (χ4v) is 3.09. The quantitative estimate of drug-likeness (QED) is 0.935. The van der Waals surface area contributed by atoms with Crippen molar-refractivity contribution in [3.05, 3.63) is 64.1 Å². The molecule has 5 heteroatoms. The third-order valence-electron chi connectivity index (χ3n) is 4.48. The van der Waals surface area contributed by atoms with Crippen molar-refractivity contribution < 1.29 is 4.79 Å². The van der Waals surface area contributed by atoms with E-state index in [9.17, 15) is 9.59 Å². The highest BCUT2D eigenvalue weighted by Gasteiger charge is 2.21. The topological polar surface area (TPSA) is 56.4 Å². The third kappa shape index (κ3) is 4.04. The second-order valence-corrected chi connectivity index (χ2v) is 6.27. The number of nitrogens with one attached hydrogen (secondary N) is 1. The Morgan fingerprint density at radius 2 is 1.92 bits per heavy atom. The van der Waals surface area contributed by atoms with Crippen LogP contribution in [0, 0.1) is 6.92 Å². The molecular weight excluding hydrogens is 302 g/mol. The molecule has 1 aromatic carbocycles. The summed E-state index contributed by atoms with van der Waals surface area (Å²) in [7, 11) is 0. The van der Waals surface area contributed by atoms with Crippen molar-refractivity contribution in [2.45, 2.75) is 19.8 Å². The normalized spacial score (nSPS) is 14.7. The number of H-pyrrole nitrogens is 1. The van der Waals surface area contributed by atoms with E-state index in [2.05, 4.69) is 35.0 Å². The Morgan fingerprint density at radius 1 is 1.12 bits per heavy atom. The van der Waals surface area contributed by atoms with E-state index in [4.69, 9.17) is 0 Å². The van der Waals surface area contributed by atoms with Crippen LogP contribution in [0.1, 0.15) is 17.5 Å². The summed E-state index contributed by atoms with van der Waals surface area (Å²) in [4.78, 5) is 30.4. The number of carbonyl (C=O) groups excluding carboxylic acids is 1. The van der Waals surface area contributed by atoms with E-state index < -0.39 is 0 Å². The molecule has 1 aliphatic rings. The second kappa shape index (κ2) is 7.34. The molecule has 2 heterocycles. The number of nitrogens with zero attached hydrogens (tertiary/aromatic N) is 2. The monoisotopic (exact) mass is 325 g/mol. The van der Waals surface area contributed by atoms with Crippen LogP contribution in [-0.2, 0) is 11.2 Å². The van der Waals surface area contributed by atoms with E-state index in [0.717, 1.165) is 38.3 Å². The molecule has 0 atom stereocenters. The number of benzene rings is 1. The van der Waals surface area contributed by atoms with E-state index in [0.29, 0.717) is 6.42 Å². The Hall–Kier alpha value is -2.56. The van der Waals surface area contributed by atoms with Crippen LogP contribution in [0.4, 0.5) is 5.69 Å². The van der Waals surface area contributed by atoms with Gasteiger partial charge in [-0.25, -0.2) is 0 Å². The molecule has 1 fully saturated rings. The van der Waals surface area contributed by atoms with Gasteiger partial charge in [0, 0.05) is 44.9 Å². The number of rotatable bonds is 4. The fraction of sp³-hybridized carbons (Fsp3) is 0.368. The fourth-order valence-electron chi connectivity index (χ4n) is 3.09. The standard InChI is InChI=1S/C19H23N3O2/c1-15-3-2-4-16(13-15)5-8-19(24)22-11-9-21(10-12-22)17-6-7-18(23)20-14-17/h2-4,6-7,13-14H,5,8-12H2,1H3,(H,20,23). The molecule has 1 N–H and O–H groups in total. The van der Waals surface area contributed by atoms with Crippen molar-refractivity contribution in [2.24, 2.45) is 0 Å². The first-order chi connectivity index (χ1) is 11.6. The lowest BCUT2D eigenvalue weighted by atomic mass is 10.1. The van der Waals surface area contributed by atoms with Gasteiger partial charge in [0.05, 0.1) is 5.69 Å². The number of hydrogen-bond acceptors (Lipinski definition) is 3. The highest BCUT2D eigenvalue weighted by Crippen LogP contribution is 2.15. The second-order valence-electron chi connectivity index (χ2n) is 6.27. The number of piperazine rings is 1. The number of amides is 1. The van der Waals surface area contributed by atoms with Gasteiger partial charge in [0.2, 0.25) is 11.5 Å². The molecule has 1 aromatic heterocycles. The molecule has 0 saturated carbocycles. The van der Waals surface area contributed by atoms with Crippen LogP contribution in [-0.4, -0.2) is 42.0 Å². The van der Waals surface area contributed by atoms with E-state index >= 15 is 0 Å². The Morgan fingerprint density at radius 3 is 2.58 bits per heavy atom. The molecule has 126 valence electrons. The van der Waals surface area contributed by atoms with Gasteiger partial charge in [0.15, 0.2) is 0 Å². The summed E-state index contributed by atoms with van der Waals surface area (Å²) < 4.78 is 0. The van der Waals surface area contributed by atoms with Crippen LogP contribution in [0.25, 0.3) is 0 Å². The first kappa shape index (κ1) is 16.3. The van der Waals surface area contributed by atoms with Gasteiger partial charge in [0.25, 0.3) is 0 Å². The SMILES string of the molecule is Cc1cccc(CCC(=O)N2CCN(c3ccc(=O)[nH]c3)CC2)c1. The first-order valence-electron chi connectivity index (χ1n) is 8.39. The van der Waals surface area contributed by atoms with Crippen molar-refractivity contribution in [1.82, 2.24) is 9.88 Å². The van der Waals surface area contributed by atoms with Gasteiger partial charge in [-0.2, -0.15) is 0 Å². The lowest BCUT2D eigenvalue weighted by Crippen LogP contribution is -2.49. The summed E-state index contributed by atoms with van der Waals surface area (Å²) in [6, 6.07) is 11.7. The van der Waals surface area contributed by atoms with Crippen LogP contribution in [0.2, 0.25) is 0 Å². The molecule has 3 rings (SSSR count). The lowest BCUT2D eigenvalue weighted by molar-refractivity contribution is -0.131. The number of carbonyl (C=O) groups is 1. The number of aromatic nitrogens is 1. The Kier molecular flexibility index (Phi) is 4.99. The summed E-state index contributed by atoms with van der Waals surface area (Å²) in [6.45, 7) is 5.11. The minimum absolute atomic E-state index is 0.0938. The summed E-state index contributed by atoms with van der Waals surface area (Å²) in [5.74, 6) is 0.220. The van der Waals surface area contributed by atoms with Crippen molar-refractivity contribution in [3.8, 4) is 0 Å². The molecule has 0 aliphatic carbocycles. The Balaban J connectivity index is 1.50. The summed E-state index contributed by atoms with van der Waals surface area (Å²) in [6.07, 6.45) is 3.08. The first-order valence-corrected chi connectivity index (χ1v) is 8.39. The average Bonchev–Trinajstić information content (AvgIpc) is 2.61. The van der Waals surface area contributed by atoms with Gasteiger partial charge < -0.3 is 14.8 Å². The zero-order valence-corrected chi connectivity index (χ0v) is 14.0. The van der Waals surface area contributed by atoms with Gasteiger partial charge in [-0.1, -0.05) is 29.8 Å². The molecule has 0 radical (unpaired) electrons. The third-order valence-corrected chi connectivity index (χ3v) is 4.48. The molecule has 0 unspecified atom stereocenters. The summed E-state index contributed by atoms with van der Waals surface area (Å²) >= 11 is 0. The van der Waals surface area contributed by atoms with Crippen LogP contribution in [0.15, 0.2) is 47.4 Å². The average molecular weight is 325 g/mol. The van der Waals surface area contributed by atoms with Gasteiger partial charge in [0.1, 0.15) is 0 Å². The maximum Gasteiger partial charge on any atom is 0.248 e. The molecule has 1 amide bonds. The van der Waals surface area contributed by atoms with Crippen LogP contribution in [0.5, 0.6) is 0 Å². The van der Waals surface area contributed by atoms with Crippen LogP contribution >= 0.6 is 0 Å². The van der Waals surface area contributed by atoms with Crippen molar-refractivity contribution in [1.29, 1.82) is 0 Å². The highest BCUT2D eigenvalue weighted by molar-refractivity contribution is 5.76. The number of hydrogen-bond donors (Lipinski definition) is 1. The zero-order valence-electron chi connectivity index (χ0n) is 14.0. The predicted octanol–water partition coefficient (Wildman–Crippen LogP) is 1.96.